The summed E-state index contributed by atoms with van der Waals surface area (Å²) in [4.78, 5) is 0. The van der Waals surface area contributed by atoms with Crippen LogP contribution in [0, 0.1) is 12.7 Å². The van der Waals surface area contributed by atoms with Crippen molar-refractivity contribution in [2.45, 2.75) is 20.8 Å². The molecule has 1 nitrogen and oxygen atoms in total. The molecule has 0 radical (unpaired) electrons. The normalized spacial score (nSPS) is 8.00. The number of hydrogen-bond donors (Lipinski definition) is 0. The maximum absolute atomic E-state index is 11.8. The molecule has 0 unspecified atom stereocenters. The first-order valence-electron chi connectivity index (χ1n) is 2.99. The first kappa shape index (κ1) is 8.21. The lowest BCUT2D eigenvalue weighted by Crippen LogP contribution is -1.54. The van der Waals surface area contributed by atoms with E-state index in [1.165, 1.54) is 6.07 Å². The summed E-state index contributed by atoms with van der Waals surface area (Å²) >= 11 is 0. The fourth-order valence-corrected chi connectivity index (χ4v) is 0.411. The van der Waals surface area contributed by atoms with Crippen LogP contribution in [0.15, 0.2) is 16.7 Å². The Hall–Kier alpha value is -0.790. The molecule has 1 rings (SSSR count). The summed E-state index contributed by atoms with van der Waals surface area (Å²) in [6.45, 7) is 5.70. The Bertz CT molecular complexity index is 141. The maximum atomic E-state index is 11.8. The number of furan rings is 1. The second kappa shape index (κ2) is 4.13. The van der Waals surface area contributed by atoms with E-state index in [0.29, 0.717) is 5.76 Å². The van der Waals surface area contributed by atoms with Crippen LogP contribution in [0.25, 0.3) is 0 Å². The van der Waals surface area contributed by atoms with E-state index >= 15 is 0 Å². The molecule has 0 spiro atoms. The van der Waals surface area contributed by atoms with Gasteiger partial charge in [-0.25, -0.2) is 4.39 Å². The van der Waals surface area contributed by atoms with Gasteiger partial charge in [-0.05, 0) is 6.92 Å². The highest BCUT2D eigenvalue weighted by atomic mass is 19.1. The van der Waals surface area contributed by atoms with Crippen LogP contribution in [-0.2, 0) is 0 Å². The van der Waals surface area contributed by atoms with Crippen molar-refractivity contribution in [1.29, 1.82) is 0 Å². The summed E-state index contributed by atoms with van der Waals surface area (Å²) in [7, 11) is 0. The third-order valence-corrected chi connectivity index (χ3v) is 0.699. The zero-order valence-electron chi connectivity index (χ0n) is 5.94. The average molecular weight is 130 g/mol. The van der Waals surface area contributed by atoms with E-state index in [1.807, 2.05) is 13.8 Å². The third-order valence-electron chi connectivity index (χ3n) is 0.699. The van der Waals surface area contributed by atoms with Crippen LogP contribution >= 0.6 is 0 Å². The molecule has 0 fully saturated rings. The van der Waals surface area contributed by atoms with Gasteiger partial charge in [-0.1, -0.05) is 13.8 Å². The fourth-order valence-electron chi connectivity index (χ4n) is 0.411. The van der Waals surface area contributed by atoms with Crippen molar-refractivity contribution >= 4 is 0 Å². The first-order chi connectivity index (χ1) is 4.29. The summed E-state index contributed by atoms with van der Waals surface area (Å²) in [5, 5.41) is 0. The predicted octanol–water partition coefficient (Wildman–Crippen LogP) is 2.75. The van der Waals surface area contributed by atoms with Gasteiger partial charge in [0.2, 0.25) is 0 Å². The minimum atomic E-state index is -0.308. The van der Waals surface area contributed by atoms with Crippen molar-refractivity contribution in [2.75, 3.05) is 0 Å². The van der Waals surface area contributed by atoms with Crippen LogP contribution in [0.3, 0.4) is 0 Å². The molecule has 9 heavy (non-hydrogen) atoms. The van der Waals surface area contributed by atoms with Crippen molar-refractivity contribution in [3.63, 3.8) is 0 Å². The van der Waals surface area contributed by atoms with Gasteiger partial charge in [-0.2, -0.15) is 0 Å². The van der Waals surface area contributed by atoms with Crippen molar-refractivity contribution < 1.29 is 8.81 Å². The van der Waals surface area contributed by atoms with E-state index in [1.54, 1.807) is 6.92 Å². The summed E-state index contributed by atoms with van der Waals surface area (Å²) in [5.41, 5.74) is 0. The van der Waals surface area contributed by atoms with Crippen LogP contribution in [-0.4, -0.2) is 0 Å². The van der Waals surface area contributed by atoms with Gasteiger partial charge in [-0.3, -0.25) is 0 Å². The number of aryl methyl sites for hydroxylation is 1. The Kier molecular flexibility index (Phi) is 3.76. The molecule has 1 heterocycles. The van der Waals surface area contributed by atoms with Crippen molar-refractivity contribution in [2.24, 2.45) is 0 Å². The lowest BCUT2D eigenvalue weighted by atomic mass is 10.5. The molecule has 1 aromatic rings. The average Bonchev–Trinajstić information content (AvgIpc) is 2.20. The highest BCUT2D eigenvalue weighted by Crippen LogP contribution is 2.01. The second-order valence-electron chi connectivity index (χ2n) is 1.38. The monoisotopic (exact) mass is 130 g/mol. The van der Waals surface area contributed by atoms with Gasteiger partial charge in [0.25, 0.3) is 0 Å². The van der Waals surface area contributed by atoms with E-state index < -0.39 is 0 Å². The smallest absolute Gasteiger partial charge is 0.161 e. The zero-order chi connectivity index (χ0) is 7.28. The molecule has 0 atom stereocenters. The van der Waals surface area contributed by atoms with Crippen LogP contribution in [0.1, 0.15) is 19.6 Å². The third kappa shape index (κ3) is 2.90. The minimum absolute atomic E-state index is 0.308. The van der Waals surface area contributed by atoms with E-state index in [0.717, 1.165) is 6.26 Å². The molecule has 1 aromatic heterocycles. The Labute approximate surface area is 54.5 Å². The van der Waals surface area contributed by atoms with E-state index in [4.69, 9.17) is 0 Å². The van der Waals surface area contributed by atoms with Gasteiger partial charge in [0, 0.05) is 6.07 Å². The SMILES string of the molecule is CC.Cc1cc(F)co1. The molecule has 2 heteroatoms. The highest BCUT2D eigenvalue weighted by molar-refractivity contribution is 4.97. The van der Waals surface area contributed by atoms with Crippen LogP contribution < -0.4 is 0 Å². The standard InChI is InChI=1S/C5H5FO.C2H6/c1-4-2-5(6)3-7-4;1-2/h2-3H,1H3;1-2H3. The number of rotatable bonds is 0. The van der Waals surface area contributed by atoms with Crippen LogP contribution in [0.4, 0.5) is 4.39 Å². The molecule has 0 aliphatic carbocycles. The first-order valence-corrected chi connectivity index (χ1v) is 2.99. The minimum Gasteiger partial charge on any atom is -0.466 e. The number of halogens is 1. The van der Waals surface area contributed by atoms with E-state index in [-0.39, 0.29) is 5.82 Å². The van der Waals surface area contributed by atoms with Crippen molar-refractivity contribution in [1.82, 2.24) is 0 Å². The maximum Gasteiger partial charge on any atom is 0.161 e. The molecule has 0 saturated carbocycles. The Balaban J connectivity index is 0.000000291. The largest absolute Gasteiger partial charge is 0.466 e. The molecular formula is C7H11FO. The second-order valence-corrected chi connectivity index (χ2v) is 1.38. The lowest BCUT2D eigenvalue weighted by molar-refractivity contribution is 0.511. The van der Waals surface area contributed by atoms with Gasteiger partial charge in [0.15, 0.2) is 5.82 Å². The summed E-state index contributed by atoms with van der Waals surface area (Å²) in [6.07, 6.45) is 1.08. The van der Waals surface area contributed by atoms with Gasteiger partial charge >= 0.3 is 0 Å². The summed E-state index contributed by atoms with van der Waals surface area (Å²) in [5.74, 6) is 0.301. The Morgan fingerprint density at radius 1 is 1.44 bits per heavy atom. The van der Waals surface area contributed by atoms with Gasteiger partial charge in [0.1, 0.15) is 12.0 Å². The van der Waals surface area contributed by atoms with E-state index in [2.05, 4.69) is 4.42 Å². The fraction of sp³-hybridized carbons (Fsp3) is 0.429. The van der Waals surface area contributed by atoms with Crippen LogP contribution in [0.2, 0.25) is 0 Å². The Morgan fingerprint density at radius 3 is 2.11 bits per heavy atom. The predicted molar refractivity (Wildman–Crippen MR) is 34.8 cm³/mol. The van der Waals surface area contributed by atoms with Crippen molar-refractivity contribution in [3.05, 3.63) is 23.9 Å². The van der Waals surface area contributed by atoms with E-state index in [9.17, 15) is 4.39 Å². The molecule has 0 amide bonds. The highest BCUT2D eigenvalue weighted by Gasteiger charge is 1.90. The quantitative estimate of drug-likeness (QED) is 0.526. The molecular weight excluding hydrogens is 119 g/mol. The van der Waals surface area contributed by atoms with Crippen LogP contribution in [0.5, 0.6) is 0 Å². The topological polar surface area (TPSA) is 13.1 Å². The lowest BCUT2D eigenvalue weighted by Gasteiger charge is -1.68. The molecule has 52 valence electrons. The Morgan fingerprint density at radius 2 is 2.00 bits per heavy atom. The molecule has 0 saturated heterocycles. The van der Waals surface area contributed by atoms with Crippen molar-refractivity contribution in [3.8, 4) is 0 Å². The molecule has 0 bridgehead atoms. The zero-order valence-corrected chi connectivity index (χ0v) is 5.94. The summed E-state index contributed by atoms with van der Waals surface area (Å²) < 4.78 is 16.4. The molecule has 0 aliphatic heterocycles. The number of hydrogen-bond acceptors (Lipinski definition) is 1. The van der Waals surface area contributed by atoms with Gasteiger partial charge in [-0.15, -0.1) is 0 Å². The van der Waals surface area contributed by atoms with Gasteiger partial charge in [0.05, 0.1) is 0 Å². The molecule has 0 N–H and O–H groups in total. The summed E-state index contributed by atoms with van der Waals surface area (Å²) in [6, 6.07) is 1.33. The van der Waals surface area contributed by atoms with Gasteiger partial charge < -0.3 is 4.42 Å². The molecule has 0 aromatic carbocycles. The molecule has 0 aliphatic rings.